The summed E-state index contributed by atoms with van der Waals surface area (Å²) in [6.07, 6.45) is 0. The van der Waals surface area contributed by atoms with Gasteiger partial charge in [-0.1, -0.05) is 44.2 Å². The molecular formula is C20H25N3O2. The first-order chi connectivity index (χ1) is 11.8. The van der Waals surface area contributed by atoms with Gasteiger partial charge in [-0.25, -0.2) is 0 Å². The number of nitrogens with two attached hydrogens (primary N) is 1. The van der Waals surface area contributed by atoms with Crippen LogP contribution >= 0.6 is 0 Å². The standard InChI is InChI=1S/C20H25N3O2/c1-20(2,13-21)14-23(3)19(25)16-11-7-8-12-17(16)22-18(24)15-9-5-4-6-10-15/h4-12H,13-14,21H2,1-3H3,(H,22,24). The molecule has 0 bridgehead atoms. The quantitative estimate of drug-likeness (QED) is 0.849. The Labute approximate surface area is 148 Å². The molecule has 132 valence electrons. The molecule has 0 radical (unpaired) electrons. The molecule has 0 atom stereocenters. The van der Waals surface area contributed by atoms with Crippen LogP contribution < -0.4 is 11.1 Å². The predicted octanol–water partition coefficient (Wildman–Crippen LogP) is 3.00. The van der Waals surface area contributed by atoms with Crippen molar-refractivity contribution in [2.75, 3.05) is 25.5 Å². The van der Waals surface area contributed by atoms with Crippen molar-refractivity contribution in [1.82, 2.24) is 4.90 Å². The molecule has 0 aliphatic rings. The maximum Gasteiger partial charge on any atom is 0.255 e. The van der Waals surface area contributed by atoms with Gasteiger partial charge in [-0.2, -0.15) is 0 Å². The fraction of sp³-hybridized carbons (Fsp3) is 0.300. The fourth-order valence-corrected chi connectivity index (χ4v) is 2.55. The summed E-state index contributed by atoms with van der Waals surface area (Å²) in [6, 6.07) is 15.9. The number of amides is 2. The van der Waals surface area contributed by atoms with Crippen LogP contribution in [0.1, 0.15) is 34.6 Å². The van der Waals surface area contributed by atoms with Crippen LogP contribution in [0.4, 0.5) is 5.69 Å². The molecule has 0 aromatic heterocycles. The molecule has 0 aliphatic carbocycles. The predicted molar refractivity (Wildman–Crippen MR) is 101 cm³/mol. The summed E-state index contributed by atoms with van der Waals surface area (Å²) in [4.78, 5) is 26.8. The number of nitrogens with one attached hydrogen (secondary N) is 1. The molecule has 25 heavy (non-hydrogen) atoms. The first-order valence-electron chi connectivity index (χ1n) is 8.25. The average Bonchev–Trinajstić information content (AvgIpc) is 2.62. The van der Waals surface area contributed by atoms with Gasteiger partial charge in [0.15, 0.2) is 0 Å². The molecule has 2 rings (SSSR count). The first-order valence-corrected chi connectivity index (χ1v) is 8.25. The summed E-state index contributed by atoms with van der Waals surface area (Å²) in [6.45, 7) is 5.04. The zero-order chi connectivity index (χ0) is 18.4. The number of nitrogens with zero attached hydrogens (tertiary/aromatic N) is 1. The minimum Gasteiger partial charge on any atom is -0.341 e. The number of rotatable bonds is 6. The van der Waals surface area contributed by atoms with E-state index in [9.17, 15) is 9.59 Å². The molecule has 5 heteroatoms. The first kappa shape index (κ1) is 18.7. The van der Waals surface area contributed by atoms with E-state index in [0.717, 1.165) is 0 Å². The van der Waals surface area contributed by atoms with Crippen LogP contribution in [-0.2, 0) is 0 Å². The Hall–Kier alpha value is -2.66. The molecular weight excluding hydrogens is 314 g/mol. The summed E-state index contributed by atoms with van der Waals surface area (Å²) in [5.74, 6) is -0.392. The number of anilines is 1. The molecule has 5 nitrogen and oxygen atoms in total. The second-order valence-corrected chi connectivity index (χ2v) is 6.90. The Balaban J connectivity index is 2.20. The lowest BCUT2D eigenvalue weighted by Crippen LogP contribution is -2.40. The van der Waals surface area contributed by atoms with Gasteiger partial charge in [0.1, 0.15) is 0 Å². The number of hydrogen-bond donors (Lipinski definition) is 2. The smallest absolute Gasteiger partial charge is 0.255 e. The summed E-state index contributed by atoms with van der Waals surface area (Å²) >= 11 is 0. The lowest BCUT2D eigenvalue weighted by molar-refractivity contribution is 0.0741. The molecule has 2 aromatic rings. The van der Waals surface area contributed by atoms with E-state index >= 15 is 0 Å². The number of hydrogen-bond acceptors (Lipinski definition) is 3. The van der Waals surface area contributed by atoms with Gasteiger partial charge < -0.3 is 16.0 Å². The molecule has 0 spiro atoms. The Bertz CT molecular complexity index is 742. The van der Waals surface area contributed by atoms with Crippen LogP contribution in [0.25, 0.3) is 0 Å². The maximum absolute atomic E-state index is 12.8. The van der Waals surface area contributed by atoms with E-state index in [1.807, 2.05) is 19.9 Å². The Kier molecular flexibility index (Phi) is 5.93. The van der Waals surface area contributed by atoms with Crippen molar-refractivity contribution in [3.63, 3.8) is 0 Å². The van der Waals surface area contributed by atoms with E-state index in [0.29, 0.717) is 29.9 Å². The highest BCUT2D eigenvalue weighted by atomic mass is 16.2. The normalized spacial score (nSPS) is 11.0. The van der Waals surface area contributed by atoms with Crippen LogP contribution in [0.5, 0.6) is 0 Å². The average molecular weight is 339 g/mol. The van der Waals surface area contributed by atoms with Gasteiger partial charge >= 0.3 is 0 Å². The molecule has 0 unspecified atom stereocenters. The van der Waals surface area contributed by atoms with Gasteiger partial charge in [-0.15, -0.1) is 0 Å². The number of para-hydroxylation sites is 1. The molecule has 0 aliphatic heterocycles. The highest BCUT2D eigenvalue weighted by Gasteiger charge is 2.23. The molecule has 2 aromatic carbocycles. The van der Waals surface area contributed by atoms with Gasteiger partial charge in [-0.05, 0) is 36.2 Å². The van der Waals surface area contributed by atoms with Crippen molar-refractivity contribution in [3.05, 3.63) is 65.7 Å². The SMILES string of the molecule is CN(CC(C)(C)CN)C(=O)c1ccccc1NC(=O)c1ccccc1. The van der Waals surface area contributed by atoms with Gasteiger partial charge in [0, 0.05) is 19.2 Å². The Morgan fingerprint density at radius 2 is 1.64 bits per heavy atom. The van der Waals surface area contributed by atoms with Crippen molar-refractivity contribution in [1.29, 1.82) is 0 Å². The second-order valence-electron chi connectivity index (χ2n) is 6.90. The van der Waals surface area contributed by atoms with Gasteiger partial charge in [0.2, 0.25) is 0 Å². The van der Waals surface area contributed by atoms with E-state index in [4.69, 9.17) is 5.73 Å². The lowest BCUT2D eigenvalue weighted by atomic mass is 9.93. The van der Waals surface area contributed by atoms with Gasteiger partial charge in [-0.3, -0.25) is 9.59 Å². The molecule has 0 heterocycles. The zero-order valence-corrected chi connectivity index (χ0v) is 15.0. The minimum atomic E-state index is -0.245. The fourth-order valence-electron chi connectivity index (χ4n) is 2.55. The van der Waals surface area contributed by atoms with Crippen molar-refractivity contribution in [2.24, 2.45) is 11.1 Å². The third kappa shape index (κ3) is 4.90. The van der Waals surface area contributed by atoms with Gasteiger partial charge in [0.05, 0.1) is 11.3 Å². The molecule has 0 saturated carbocycles. The minimum absolute atomic E-state index is 0.148. The van der Waals surface area contributed by atoms with Crippen LogP contribution in [0.2, 0.25) is 0 Å². The summed E-state index contributed by atoms with van der Waals surface area (Å²) in [5.41, 5.74) is 7.09. The largest absolute Gasteiger partial charge is 0.341 e. The topological polar surface area (TPSA) is 75.4 Å². The van der Waals surface area contributed by atoms with E-state index < -0.39 is 0 Å². The summed E-state index contributed by atoms with van der Waals surface area (Å²) in [5, 5.41) is 2.83. The van der Waals surface area contributed by atoms with Crippen molar-refractivity contribution >= 4 is 17.5 Å². The Morgan fingerprint density at radius 3 is 2.28 bits per heavy atom. The number of benzene rings is 2. The highest BCUT2D eigenvalue weighted by molar-refractivity contribution is 6.08. The summed E-state index contributed by atoms with van der Waals surface area (Å²) < 4.78 is 0. The number of carbonyl (C=O) groups excluding carboxylic acids is 2. The molecule has 0 saturated heterocycles. The van der Waals surface area contributed by atoms with Crippen molar-refractivity contribution in [3.8, 4) is 0 Å². The zero-order valence-electron chi connectivity index (χ0n) is 15.0. The van der Waals surface area contributed by atoms with E-state index in [-0.39, 0.29) is 17.2 Å². The molecule has 2 amide bonds. The van der Waals surface area contributed by atoms with E-state index in [1.54, 1.807) is 60.5 Å². The highest BCUT2D eigenvalue weighted by Crippen LogP contribution is 2.21. The third-order valence-electron chi connectivity index (χ3n) is 4.01. The number of carbonyl (C=O) groups is 2. The van der Waals surface area contributed by atoms with Crippen LogP contribution in [0, 0.1) is 5.41 Å². The maximum atomic E-state index is 12.8. The van der Waals surface area contributed by atoms with E-state index in [1.165, 1.54) is 0 Å². The summed E-state index contributed by atoms with van der Waals surface area (Å²) in [7, 11) is 1.75. The van der Waals surface area contributed by atoms with Crippen molar-refractivity contribution < 1.29 is 9.59 Å². The second kappa shape index (κ2) is 7.94. The van der Waals surface area contributed by atoms with Crippen LogP contribution in [0.3, 0.4) is 0 Å². The van der Waals surface area contributed by atoms with E-state index in [2.05, 4.69) is 5.32 Å². The molecule has 0 fully saturated rings. The van der Waals surface area contributed by atoms with Gasteiger partial charge in [0.25, 0.3) is 11.8 Å². The molecule has 3 N–H and O–H groups in total. The van der Waals surface area contributed by atoms with Crippen LogP contribution in [0.15, 0.2) is 54.6 Å². The third-order valence-corrected chi connectivity index (χ3v) is 4.01. The Morgan fingerprint density at radius 1 is 1.04 bits per heavy atom. The van der Waals surface area contributed by atoms with Crippen LogP contribution in [-0.4, -0.2) is 36.9 Å². The van der Waals surface area contributed by atoms with Crippen molar-refractivity contribution in [2.45, 2.75) is 13.8 Å². The lowest BCUT2D eigenvalue weighted by Gasteiger charge is -2.29. The monoisotopic (exact) mass is 339 g/mol.